The molecule has 4 rings (SSSR count). The standard InChI is InChI=1S/C25H25N5O2/c1-28-12-14-29(15-13-28)25(31)20(17-26)16-21-18-30(22-6-4-3-5-7-22)27-24(21)19-8-10-23(32-2)11-9-19/h3-11,16,18H,12-15H2,1-2H3/p+1/b20-16+. The molecule has 0 aliphatic carbocycles. The third-order valence-corrected chi connectivity index (χ3v) is 5.68. The fourth-order valence-electron chi connectivity index (χ4n) is 3.74. The van der Waals surface area contributed by atoms with Crippen molar-refractivity contribution in [1.82, 2.24) is 14.7 Å². The second-order valence-corrected chi connectivity index (χ2v) is 7.86. The van der Waals surface area contributed by atoms with Crippen molar-refractivity contribution in [1.29, 1.82) is 5.26 Å². The van der Waals surface area contributed by atoms with Crippen molar-refractivity contribution in [2.24, 2.45) is 0 Å². The van der Waals surface area contributed by atoms with Gasteiger partial charge in [0, 0.05) is 17.3 Å². The number of carbonyl (C=O) groups excluding carboxylic acids is 1. The average molecular weight is 429 g/mol. The number of para-hydroxylation sites is 1. The molecule has 1 saturated heterocycles. The van der Waals surface area contributed by atoms with Crippen LogP contribution in [-0.4, -0.2) is 60.9 Å². The number of ether oxygens (including phenoxy) is 1. The highest BCUT2D eigenvalue weighted by Crippen LogP contribution is 2.27. The number of carbonyl (C=O) groups is 1. The maximum atomic E-state index is 13.0. The zero-order valence-electron chi connectivity index (χ0n) is 18.3. The highest BCUT2D eigenvalue weighted by atomic mass is 16.5. The van der Waals surface area contributed by atoms with E-state index >= 15 is 0 Å². The van der Waals surface area contributed by atoms with E-state index in [0.717, 1.165) is 30.1 Å². The zero-order valence-corrected chi connectivity index (χ0v) is 18.3. The van der Waals surface area contributed by atoms with Crippen molar-refractivity contribution in [3.63, 3.8) is 0 Å². The number of benzene rings is 2. The van der Waals surface area contributed by atoms with E-state index in [-0.39, 0.29) is 11.5 Å². The molecule has 2 aromatic carbocycles. The van der Waals surface area contributed by atoms with Gasteiger partial charge < -0.3 is 14.5 Å². The Morgan fingerprint density at radius 1 is 1.12 bits per heavy atom. The van der Waals surface area contributed by atoms with Gasteiger partial charge in [-0.3, -0.25) is 4.79 Å². The Hall–Kier alpha value is -3.89. The van der Waals surface area contributed by atoms with E-state index < -0.39 is 0 Å². The Morgan fingerprint density at radius 3 is 2.44 bits per heavy atom. The summed E-state index contributed by atoms with van der Waals surface area (Å²) in [5, 5.41) is 14.5. The second-order valence-electron chi connectivity index (χ2n) is 7.86. The number of likely N-dealkylation sites (N-methyl/N-ethyl adjacent to an activating group) is 1. The summed E-state index contributed by atoms with van der Waals surface area (Å²) in [4.78, 5) is 16.2. The van der Waals surface area contributed by atoms with Crippen molar-refractivity contribution < 1.29 is 14.4 Å². The molecule has 1 N–H and O–H groups in total. The number of rotatable bonds is 5. The molecule has 1 amide bonds. The molecule has 0 unspecified atom stereocenters. The van der Waals surface area contributed by atoms with Gasteiger partial charge in [-0.1, -0.05) is 18.2 Å². The lowest BCUT2D eigenvalue weighted by Crippen LogP contribution is -3.12. The van der Waals surface area contributed by atoms with Crippen molar-refractivity contribution in [2.45, 2.75) is 0 Å². The molecule has 3 aromatic rings. The number of methoxy groups -OCH3 is 1. The summed E-state index contributed by atoms with van der Waals surface area (Å²) in [6.45, 7) is 3.07. The van der Waals surface area contributed by atoms with Gasteiger partial charge in [-0.15, -0.1) is 0 Å². The number of piperazine rings is 1. The summed E-state index contributed by atoms with van der Waals surface area (Å²) in [7, 11) is 3.74. The van der Waals surface area contributed by atoms with E-state index in [1.165, 1.54) is 4.90 Å². The Balaban J connectivity index is 1.74. The number of aromatic nitrogens is 2. The lowest BCUT2D eigenvalue weighted by Gasteiger charge is -2.29. The smallest absolute Gasteiger partial charge is 0.264 e. The SMILES string of the molecule is COc1ccc(-c2nn(-c3ccccc3)cc2/C=C(\C#N)C(=O)N2CC[NH+](C)CC2)cc1. The van der Waals surface area contributed by atoms with Crippen LogP contribution in [0.15, 0.2) is 66.4 Å². The predicted octanol–water partition coefficient (Wildman–Crippen LogP) is 1.81. The Bertz CT molecular complexity index is 1150. The monoisotopic (exact) mass is 428 g/mol. The molecule has 162 valence electrons. The van der Waals surface area contributed by atoms with Crippen LogP contribution in [0.3, 0.4) is 0 Å². The molecule has 0 bridgehead atoms. The van der Waals surface area contributed by atoms with E-state index in [1.54, 1.807) is 22.8 Å². The van der Waals surface area contributed by atoms with Gasteiger partial charge in [0.05, 0.1) is 51.7 Å². The molecule has 1 aliphatic heterocycles. The summed E-state index contributed by atoms with van der Waals surface area (Å²) in [5.41, 5.74) is 3.30. The lowest BCUT2D eigenvalue weighted by atomic mass is 10.1. The number of hydrogen-bond acceptors (Lipinski definition) is 4. The van der Waals surface area contributed by atoms with Crippen LogP contribution >= 0.6 is 0 Å². The first-order chi connectivity index (χ1) is 15.6. The normalized spacial score (nSPS) is 14.8. The topological polar surface area (TPSA) is 75.6 Å². The Labute approximate surface area is 187 Å². The minimum Gasteiger partial charge on any atom is -0.497 e. The summed E-state index contributed by atoms with van der Waals surface area (Å²) in [6.07, 6.45) is 3.51. The Morgan fingerprint density at radius 2 is 1.81 bits per heavy atom. The number of quaternary nitrogens is 1. The fraction of sp³-hybridized carbons (Fsp3) is 0.240. The number of nitrogens with zero attached hydrogens (tertiary/aromatic N) is 4. The van der Waals surface area contributed by atoms with Gasteiger partial charge in [-0.2, -0.15) is 10.4 Å². The highest BCUT2D eigenvalue weighted by Gasteiger charge is 2.24. The zero-order chi connectivity index (χ0) is 22.5. The first-order valence-corrected chi connectivity index (χ1v) is 10.6. The molecular formula is C25H26N5O2+. The summed E-state index contributed by atoms with van der Waals surface area (Å²) in [5.74, 6) is 0.520. The van der Waals surface area contributed by atoms with Crippen LogP contribution in [0.25, 0.3) is 23.0 Å². The molecule has 0 spiro atoms. The van der Waals surface area contributed by atoms with Crippen LogP contribution in [0.2, 0.25) is 0 Å². The Kier molecular flexibility index (Phi) is 6.34. The van der Waals surface area contributed by atoms with E-state index in [4.69, 9.17) is 9.84 Å². The fourth-order valence-corrected chi connectivity index (χ4v) is 3.74. The lowest BCUT2D eigenvalue weighted by molar-refractivity contribution is -0.883. The summed E-state index contributed by atoms with van der Waals surface area (Å²) in [6, 6.07) is 19.4. The van der Waals surface area contributed by atoms with Crippen LogP contribution in [0.1, 0.15) is 5.56 Å². The molecular weight excluding hydrogens is 402 g/mol. The van der Waals surface area contributed by atoms with E-state index in [1.807, 2.05) is 60.8 Å². The minimum absolute atomic E-state index is 0.118. The maximum absolute atomic E-state index is 13.0. The molecule has 1 fully saturated rings. The van der Waals surface area contributed by atoms with Gasteiger partial charge in [0.1, 0.15) is 17.4 Å². The third kappa shape index (κ3) is 4.56. The first kappa shape index (κ1) is 21.3. The second kappa shape index (κ2) is 9.50. The quantitative estimate of drug-likeness (QED) is 0.497. The van der Waals surface area contributed by atoms with Crippen molar-refractivity contribution in [3.8, 4) is 28.8 Å². The molecule has 0 atom stereocenters. The van der Waals surface area contributed by atoms with Crippen LogP contribution < -0.4 is 9.64 Å². The molecule has 2 heterocycles. The molecule has 7 heteroatoms. The summed E-state index contributed by atoms with van der Waals surface area (Å²) >= 11 is 0. The number of hydrogen-bond donors (Lipinski definition) is 1. The molecule has 0 saturated carbocycles. The molecule has 0 radical (unpaired) electrons. The van der Waals surface area contributed by atoms with Crippen molar-refractivity contribution in [2.75, 3.05) is 40.3 Å². The van der Waals surface area contributed by atoms with Gasteiger partial charge in [-0.25, -0.2) is 4.68 Å². The minimum atomic E-state index is -0.229. The van der Waals surface area contributed by atoms with Crippen LogP contribution in [0.4, 0.5) is 0 Å². The van der Waals surface area contributed by atoms with Crippen molar-refractivity contribution in [3.05, 3.63) is 71.9 Å². The molecule has 7 nitrogen and oxygen atoms in total. The van der Waals surface area contributed by atoms with Crippen LogP contribution in [-0.2, 0) is 4.79 Å². The molecule has 1 aromatic heterocycles. The van der Waals surface area contributed by atoms with Gasteiger partial charge in [-0.05, 0) is 42.5 Å². The molecule has 1 aliphatic rings. The summed E-state index contributed by atoms with van der Waals surface area (Å²) < 4.78 is 7.03. The maximum Gasteiger partial charge on any atom is 0.264 e. The van der Waals surface area contributed by atoms with E-state index in [9.17, 15) is 10.1 Å². The van der Waals surface area contributed by atoms with Gasteiger partial charge in [0.15, 0.2) is 0 Å². The first-order valence-electron chi connectivity index (χ1n) is 10.6. The number of nitrogens with one attached hydrogen (secondary N) is 1. The average Bonchev–Trinajstić information content (AvgIpc) is 3.27. The molecule has 32 heavy (non-hydrogen) atoms. The number of amides is 1. The van der Waals surface area contributed by atoms with Crippen molar-refractivity contribution >= 4 is 12.0 Å². The van der Waals surface area contributed by atoms with Gasteiger partial charge >= 0.3 is 0 Å². The van der Waals surface area contributed by atoms with Crippen LogP contribution in [0.5, 0.6) is 5.75 Å². The van der Waals surface area contributed by atoms with Crippen LogP contribution in [0, 0.1) is 11.3 Å². The highest BCUT2D eigenvalue weighted by molar-refractivity contribution is 6.02. The third-order valence-electron chi connectivity index (χ3n) is 5.68. The van der Waals surface area contributed by atoms with Gasteiger partial charge in [0.2, 0.25) is 0 Å². The van der Waals surface area contributed by atoms with E-state index in [0.29, 0.717) is 24.3 Å². The van der Waals surface area contributed by atoms with Gasteiger partial charge in [0.25, 0.3) is 5.91 Å². The number of nitriles is 1. The predicted molar refractivity (Wildman–Crippen MR) is 122 cm³/mol. The van der Waals surface area contributed by atoms with E-state index in [2.05, 4.69) is 13.1 Å². The largest absolute Gasteiger partial charge is 0.497 e.